The number of carboxylic acid groups (broad SMARTS) is 1. The summed E-state index contributed by atoms with van der Waals surface area (Å²) >= 11 is 0. The molecule has 0 amide bonds. The predicted molar refractivity (Wildman–Crippen MR) is 156 cm³/mol. The molecule has 0 aromatic carbocycles. The molecule has 5 heteroatoms. The van der Waals surface area contributed by atoms with Gasteiger partial charge in [-0.3, -0.25) is 9.59 Å². The van der Waals surface area contributed by atoms with Gasteiger partial charge in [-0.2, -0.15) is 0 Å². The van der Waals surface area contributed by atoms with Crippen molar-refractivity contribution in [3.63, 3.8) is 0 Å². The third-order valence-corrected chi connectivity index (χ3v) is 13.8. The smallest absolute Gasteiger partial charge is 0.333 e. The molecule has 0 aromatic rings. The van der Waals surface area contributed by atoms with Crippen LogP contribution in [0.2, 0.25) is 0 Å². The number of esters is 1. The van der Waals surface area contributed by atoms with Crippen LogP contribution in [0.3, 0.4) is 0 Å². The molecule has 8 unspecified atom stereocenters. The maximum absolute atomic E-state index is 13.4. The highest BCUT2D eigenvalue weighted by Crippen LogP contribution is 2.75. The molecule has 5 rings (SSSR count). The van der Waals surface area contributed by atoms with Crippen LogP contribution in [0, 0.1) is 50.2 Å². The fourth-order valence-corrected chi connectivity index (χ4v) is 11.0. The molecule has 4 fully saturated rings. The summed E-state index contributed by atoms with van der Waals surface area (Å²) in [6, 6.07) is 0. The van der Waals surface area contributed by atoms with Crippen molar-refractivity contribution in [2.75, 3.05) is 0 Å². The van der Waals surface area contributed by atoms with Crippen molar-refractivity contribution in [1.82, 2.24) is 0 Å². The zero-order valence-corrected chi connectivity index (χ0v) is 26.4. The molecule has 0 spiro atoms. The zero-order chi connectivity index (χ0) is 29.7. The molecule has 1 N–H and O–H groups in total. The van der Waals surface area contributed by atoms with Gasteiger partial charge in [0.1, 0.15) is 17.3 Å². The maximum atomic E-state index is 13.4. The molecule has 5 aliphatic carbocycles. The SMILES string of the molecule is CC=C(C)C(=O)OC1CC2(C)C(=CCC3C4(C)CCC(=O)C(C)(C)C4CCC32C)C2CC(C)(C)CCC12C(=O)O. The Labute approximate surface area is 241 Å². The summed E-state index contributed by atoms with van der Waals surface area (Å²) in [5.41, 5.74) is 0.0990. The summed E-state index contributed by atoms with van der Waals surface area (Å²) in [6.07, 6.45) is 10.7. The van der Waals surface area contributed by atoms with Crippen molar-refractivity contribution in [3.05, 3.63) is 23.3 Å². The Morgan fingerprint density at radius 1 is 0.975 bits per heavy atom. The highest BCUT2D eigenvalue weighted by atomic mass is 16.5. The minimum Gasteiger partial charge on any atom is -0.481 e. The standard InChI is InChI=1S/C35H52O5/c1-10-21(2)28(37)40-27-20-34(9)22(23-19-30(3,4)17-18-35(23,27)29(38)39)11-12-25-32(7)15-14-26(36)31(5,6)24(32)13-16-33(25,34)8/h10-11,23-25,27H,12-20H2,1-9H3,(H,38,39). The first-order valence-electron chi connectivity index (χ1n) is 15.7. The molecule has 5 aliphatic rings. The third kappa shape index (κ3) is 3.73. The van der Waals surface area contributed by atoms with E-state index in [-0.39, 0.29) is 33.0 Å². The van der Waals surface area contributed by atoms with Crippen molar-refractivity contribution in [1.29, 1.82) is 0 Å². The van der Waals surface area contributed by atoms with Gasteiger partial charge < -0.3 is 9.84 Å². The maximum Gasteiger partial charge on any atom is 0.333 e. The second-order valence-corrected chi connectivity index (χ2v) is 16.3. The average molecular weight is 553 g/mol. The van der Waals surface area contributed by atoms with Gasteiger partial charge in [-0.25, -0.2) is 4.79 Å². The summed E-state index contributed by atoms with van der Waals surface area (Å²) in [4.78, 5) is 39.7. The van der Waals surface area contributed by atoms with E-state index in [2.05, 4.69) is 54.5 Å². The lowest BCUT2D eigenvalue weighted by molar-refractivity contribution is -0.213. The Kier molecular flexibility index (Phi) is 6.69. The number of hydrogen-bond donors (Lipinski definition) is 1. The van der Waals surface area contributed by atoms with E-state index in [4.69, 9.17) is 4.74 Å². The van der Waals surface area contributed by atoms with Crippen LogP contribution in [0.4, 0.5) is 0 Å². The van der Waals surface area contributed by atoms with Crippen molar-refractivity contribution in [2.24, 2.45) is 50.2 Å². The molecule has 8 atom stereocenters. The number of hydrogen-bond acceptors (Lipinski definition) is 4. The van der Waals surface area contributed by atoms with Crippen LogP contribution in [0.1, 0.15) is 120 Å². The summed E-state index contributed by atoms with van der Waals surface area (Å²) in [7, 11) is 0. The van der Waals surface area contributed by atoms with Crippen LogP contribution in [0.5, 0.6) is 0 Å². The molecule has 0 saturated heterocycles. The third-order valence-electron chi connectivity index (χ3n) is 13.8. The first-order chi connectivity index (χ1) is 18.4. The fourth-order valence-electron chi connectivity index (χ4n) is 11.0. The highest BCUT2D eigenvalue weighted by molar-refractivity contribution is 5.88. The van der Waals surface area contributed by atoms with E-state index < -0.39 is 23.5 Å². The van der Waals surface area contributed by atoms with E-state index in [1.807, 2.05) is 6.92 Å². The van der Waals surface area contributed by atoms with E-state index in [1.54, 1.807) is 13.0 Å². The van der Waals surface area contributed by atoms with Gasteiger partial charge >= 0.3 is 11.9 Å². The van der Waals surface area contributed by atoms with E-state index in [0.717, 1.165) is 38.5 Å². The molecule has 40 heavy (non-hydrogen) atoms. The molecule has 4 saturated carbocycles. The van der Waals surface area contributed by atoms with Gasteiger partial charge in [0.2, 0.25) is 0 Å². The lowest BCUT2D eigenvalue weighted by Gasteiger charge is -2.71. The molecular formula is C35H52O5. The van der Waals surface area contributed by atoms with Gasteiger partial charge in [0.25, 0.3) is 0 Å². The molecule has 5 nitrogen and oxygen atoms in total. The van der Waals surface area contributed by atoms with Crippen molar-refractivity contribution in [3.8, 4) is 0 Å². The normalized spacial score (nSPS) is 45.7. The Bertz CT molecular complexity index is 1190. The first-order valence-corrected chi connectivity index (χ1v) is 15.7. The van der Waals surface area contributed by atoms with E-state index in [9.17, 15) is 19.5 Å². The second kappa shape index (κ2) is 9.04. The molecule has 222 valence electrons. The van der Waals surface area contributed by atoms with Crippen LogP contribution in [-0.2, 0) is 19.1 Å². The minimum absolute atomic E-state index is 0.0195. The van der Waals surface area contributed by atoms with Crippen LogP contribution < -0.4 is 0 Å². The van der Waals surface area contributed by atoms with Crippen molar-refractivity contribution >= 4 is 17.7 Å². The second-order valence-electron chi connectivity index (χ2n) is 16.3. The molecule has 0 aliphatic heterocycles. The number of allylic oxidation sites excluding steroid dienone is 3. The number of carbonyl (C=O) groups is 3. The highest BCUT2D eigenvalue weighted by Gasteiger charge is 2.72. The predicted octanol–water partition coefficient (Wildman–Crippen LogP) is 7.93. The molecule has 0 bridgehead atoms. The summed E-state index contributed by atoms with van der Waals surface area (Å²) in [5, 5.41) is 11.0. The first kappa shape index (κ1) is 29.6. The van der Waals surface area contributed by atoms with Crippen molar-refractivity contribution < 1.29 is 24.2 Å². The van der Waals surface area contributed by atoms with Crippen LogP contribution in [0.25, 0.3) is 0 Å². The zero-order valence-electron chi connectivity index (χ0n) is 26.4. The van der Waals surface area contributed by atoms with Gasteiger partial charge in [0.15, 0.2) is 0 Å². The van der Waals surface area contributed by atoms with E-state index in [1.165, 1.54) is 5.57 Å². The Morgan fingerprint density at radius 3 is 2.27 bits per heavy atom. The van der Waals surface area contributed by atoms with E-state index >= 15 is 0 Å². The fraction of sp³-hybridized carbons (Fsp3) is 0.800. The largest absolute Gasteiger partial charge is 0.481 e. The van der Waals surface area contributed by atoms with Crippen LogP contribution in [-0.4, -0.2) is 28.9 Å². The van der Waals surface area contributed by atoms with Gasteiger partial charge in [-0.15, -0.1) is 0 Å². The minimum atomic E-state index is -1.10. The van der Waals surface area contributed by atoms with Gasteiger partial charge in [-0.05, 0) is 98.7 Å². The number of carboxylic acids is 1. The van der Waals surface area contributed by atoms with Gasteiger partial charge in [0, 0.05) is 23.3 Å². The summed E-state index contributed by atoms with van der Waals surface area (Å²) in [5.74, 6) is -0.238. The number of aliphatic carboxylic acids is 1. The summed E-state index contributed by atoms with van der Waals surface area (Å²) in [6.45, 7) is 19.7. The number of fused-ring (bicyclic) bond motifs is 7. The lowest BCUT2D eigenvalue weighted by Crippen LogP contribution is -2.67. The number of Topliss-reactive ketones (excluding diaryl/α,β-unsaturated/α-hetero) is 1. The molecule has 0 aromatic heterocycles. The lowest BCUT2D eigenvalue weighted by atomic mass is 9.33. The van der Waals surface area contributed by atoms with Crippen molar-refractivity contribution in [2.45, 2.75) is 126 Å². The quantitative estimate of drug-likeness (QED) is 0.218. The Hall–Kier alpha value is -1.91. The Balaban J connectivity index is 1.66. The Morgan fingerprint density at radius 2 is 1.65 bits per heavy atom. The monoisotopic (exact) mass is 552 g/mol. The van der Waals surface area contributed by atoms with Gasteiger partial charge in [0.05, 0.1) is 0 Å². The topological polar surface area (TPSA) is 80.7 Å². The van der Waals surface area contributed by atoms with Crippen LogP contribution in [0.15, 0.2) is 23.3 Å². The number of ketones is 1. The molecular weight excluding hydrogens is 500 g/mol. The van der Waals surface area contributed by atoms with Gasteiger partial charge in [-0.1, -0.05) is 66.2 Å². The van der Waals surface area contributed by atoms with E-state index in [0.29, 0.717) is 42.5 Å². The molecule has 0 radical (unpaired) electrons. The number of rotatable bonds is 3. The molecule has 0 heterocycles. The summed E-state index contributed by atoms with van der Waals surface area (Å²) < 4.78 is 6.30. The average Bonchev–Trinajstić information content (AvgIpc) is 2.86. The number of carbonyl (C=O) groups excluding carboxylic acids is 2. The number of ether oxygens (including phenoxy) is 1. The van der Waals surface area contributed by atoms with Crippen LogP contribution >= 0.6 is 0 Å².